The van der Waals surface area contributed by atoms with Gasteiger partial charge in [0.1, 0.15) is 0 Å². The van der Waals surface area contributed by atoms with Crippen molar-refractivity contribution >= 4 is 11.9 Å². The van der Waals surface area contributed by atoms with Gasteiger partial charge in [0.15, 0.2) is 0 Å². The Morgan fingerprint density at radius 2 is 1.89 bits per heavy atom. The summed E-state index contributed by atoms with van der Waals surface area (Å²) in [5.41, 5.74) is -1.04. The summed E-state index contributed by atoms with van der Waals surface area (Å²) in [6, 6.07) is 0. The molecule has 0 aliphatic heterocycles. The van der Waals surface area contributed by atoms with Crippen LogP contribution in [0.25, 0.3) is 0 Å². The topological polar surface area (TPSA) is 86.6 Å². The molecule has 2 unspecified atom stereocenters. The van der Waals surface area contributed by atoms with Crippen molar-refractivity contribution in [2.45, 2.75) is 47.0 Å². The van der Waals surface area contributed by atoms with E-state index in [0.717, 1.165) is 6.42 Å². The number of carbonyl (C=O) groups excluding carboxylic acids is 1. The minimum absolute atomic E-state index is 0.0183. The van der Waals surface area contributed by atoms with Crippen LogP contribution in [-0.4, -0.2) is 35.2 Å². The molecule has 3 N–H and O–H groups in total. The van der Waals surface area contributed by atoms with Crippen molar-refractivity contribution in [2.24, 2.45) is 17.3 Å². The number of rotatable bonds is 9. The third-order valence-electron chi connectivity index (χ3n) is 3.99. The van der Waals surface area contributed by atoms with Gasteiger partial charge in [0.25, 0.3) is 0 Å². The Bertz CT molecular complexity index is 304. The molecule has 0 aromatic rings. The van der Waals surface area contributed by atoms with E-state index in [-0.39, 0.29) is 30.8 Å². The summed E-state index contributed by atoms with van der Waals surface area (Å²) in [4.78, 5) is 23.1. The summed E-state index contributed by atoms with van der Waals surface area (Å²) in [5.74, 6) is -1.06. The van der Waals surface area contributed by atoms with Gasteiger partial charge in [-0.2, -0.15) is 0 Å². The molecule has 0 aromatic carbocycles. The van der Waals surface area contributed by atoms with Gasteiger partial charge in [0.2, 0.25) is 5.91 Å². The molecule has 0 saturated heterocycles. The third kappa shape index (κ3) is 5.59. The number of nitrogens with one attached hydrogen (secondary N) is 1. The second kappa shape index (κ2) is 8.15. The molecule has 0 bridgehead atoms. The van der Waals surface area contributed by atoms with Crippen molar-refractivity contribution in [1.29, 1.82) is 0 Å². The van der Waals surface area contributed by atoms with Gasteiger partial charge in [-0.1, -0.05) is 27.2 Å². The lowest BCUT2D eigenvalue weighted by atomic mass is 9.76. The van der Waals surface area contributed by atoms with E-state index in [1.807, 2.05) is 20.8 Å². The van der Waals surface area contributed by atoms with Gasteiger partial charge in [-0.15, -0.1) is 0 Å². The van der Waals surface area contributed by atoms with Gasteiger partial charge in [-0.3, -0.25) is 9.59 Å². The molecule has 0 aliphatic carbocycles. The van der Waals surface area contributed by atoms with Crippen LogP contribution in [-0.2, 0) is 9.59 Å². The number of carbonyl (C=O) groups is 2. The van der Waals surface area contributed by atoms with Gasteiger partial charge in [0, 0.05) is 19.6 Å². The van der Waals surface area contributed by atoms with E-state index in [2.05, 4.69) is 5.32 Å². The molecular formula is C14H27NO4. The number of hydrogen-bond acceptors (Lipinski definition) is 3. The first-order valence-corrected chi connectivity index (χ1v) is 6.88. The molecule has 2 atom stereocenters. The maximum Gasteiger partial charge on any atom is 0.310 e. The predicted molar refractivity (Wildman–Crippen MR) is 73.7 cm³/mol. The molecule has 0 heterocycles. The molecule has 112 valence electrons. The zero-order chi connectivity index (χ0) is 15.1. The van der Waals surface area contributed by atoms with Crippen LogP contribution in [0.15, 0.2) is 0 Å². The highest BCUT2D eigenvalue weighted by atomic mass is 16.4. The van der Waals surface area contributed by atoms with Gasteiger partial charge < -0.3 is 15.5 Å². The lowest BCUT2D eigenvalue weighted by Crippen LogP contribution is -2.40. The number of aliphatic hydroxyl groups is 1. The Kier molecular flexibility index (Phi) is 7.68. The van der Waals surface area contributed by atoms with Crippen molar-refractivity contribution in [3.8, 4) is 0 Å². The Hall–Kier alpha value is -1.10. The van der Waals surface area contributed by atoms with Gasteiger partial charge in [-0.05, 0) is 25.2 Å². The molecule has 0 aliphatic rings. The van der Waals surface area contributed by atoms with E-state index >= 15 is 0 Å². The average molecular weight is 273 g/mol. The fraction of sp³-hybridized carbons (Fsp3) is 0.857. The Morgan fingerprint density at radius 3 is 2.26 bits per heavy atom. The van der Waals surface area contributed by atoms with Crippen molar-refractivity contribution in [3.05, 3.63) is 0 Å². The number of aliphatic carboxylic acids is 1. The Morgan fingerprint density at radius 1 is 1.32 bits per heavy atom. The Labute approximate surface area is 115 Å². The molecule has 0 radical (unpaired) electrons. The SMILES string of the molecule is CCC(CCO)CNC(=O)CC(C)(C(=O)O)C(C)C. The Balaban J connectivity index is 4.40. The molecule has 0 rings (SSSR count). The zero-order valence-electron chi connectivity index (χ0n) is 12.4. The summed E-state index contributed by atoms with van der Waals surface area (Å²) in [6.07, 6.45) is 1.51. The molecular weight excluding hydrogens is 246 g/mol. The number of aliphatic hydroxyl groups excluding tert-OH is 1. The second-order valence-electron chi connectivity index (χ2n) is 5.64. The highest BCUT2D eigenvalue weighted by molar-refractivity contribution is 5.84. The lowest BCUT2D eigenvalue weighted by Gasteiger charge is -2.28. The van der Waals surface area contributed by atoms with E-state index in [4.69, 9.17) is 5.11 Å². The number of carboxylic acids is 1. The van der Waals surface area contributed by atoms with Crippen molar-refractivity contribution in [2.75, 3.05) is 13.2 Å². The van der Waals surface area contributed by atoms with Crippen LogP contribution in [0.1, 0.15) is 47.0 Å². The van der Waals surface area contributed by atoms with E-state index in [1.165, 1.54) is 0 Å². The molecule has 5 heteroatoms. The lowest BCUT2D eigenvalue weighted by molar-refractivity contribution is -0.153. The normalized spacial score (nSPS) is 15.9. The number of carboxylic acid groups (broad SMARTS) is 1. The van der Waals surface area contributed by atoms with Crippen molar-refractivity contribution in [3.63, 3.8) is 0 Å². The summed E-state index contributed by atoms with van der Waals surface area (Å²) < 4.78 is 0. The average Bonchev–Trinajstić information content (AvgIpc) is 2.33. The van der Waals surface area contributed by atoms with Crippen LogP contribution < -0.4 is 5.32 Å². The summed E-state index contributed by atoms with van der Waals surface area (Å²) in [6.45, 7) is 7.81. The quantitative estimate of drug-likeness (QED) is 0.596. The van der Waals surface area contributed by atoms with Crippen LogP contribution in [0.5, 0.6) is 0 Å². The van der Waals surface area contributed by atoms with Crippen molar-refractivity contribution < 1.29 is 19.8 Å². The highest BCUT2D eigenvalue weighted by Gasteiger charge is 2.38. The number of amides is 1. The zero-order valence-corrected chi connectivity index (χ0v) is 12.4. The summed E-state index contributed by atoms with van der Waals surface area (Å²) >= 11 is 0. The third-order valence-corrected chi connectivity index (χ3v) is 3.99. The molecule has 0 fully saturated rings. The minimum Gasteiger partial charge on any atom is -0.481 e. The first-order chi connectivity index (χ1) is 8.77. The monoisotopic (exact) mass is 273 g/mol. The van der Waals surface area contributed by atoms with Crippen LogP contribution in [0.3, 0.4) is 0 Å². The molecule has 1 amide bonds. The minimum atomic E-state index is -1.04. The highest BCUT2D eigenvalue weighted by Crippen LogP contribution is 2.31. The van der Waals surface area contributed by atoms with Crippen molar-refractivity contribution in [1.82, 2.24) is 5.32 Å². The molecule has 0 spiro atoms. The van der Waals surface area contributed by atoms with E-state index < -0.39 is 11.4 Å². The van der Waals surface area contributed by atoms with Crippen LogP contribution in [0.4, 0.5) is 0 Å². The predicted octanol–water partition coefficient (Wildman–Crippen LogP) is 1.65. The van der Waals surface area contributed by atoms with Crippen LogP contribution in [0.2, 0.25) is 0 Å². The van der Waals surface area contributed by atoms with E-state index in [1.54, 1.807) is 6.92 Å². The molecule has 5 nitrogen and oxygen atoms in total. The molecule has 19 heavy (non-hydrogen) atoms. The van der Waals surface area contributed by atoms with Gasteiger partial charge >= 0.3 is 5.97 Å². The molecule has 0 aromatic heterocycles. The fourth-order valence-corrected chi connectivity index (χ4v) is 1.81. The fourth-order valence-electron chi connectivity index (χ4n) is 1.81. The number of hydrogen-bond donors (Lipinski definition) is 3. The van der Waals surface area contributed by atoms with Gasteiger partial charge in [-0.25, -0.2) is 0 Å². The summed E-state index contributed by atoms with van der Waals surface area (Å²) in [5, 5.41) is 20.9. The van der Waals surface area contributed by atoms with Gasteiger partial charge in [0.05, 0.1) is 5.41 Å². The van der Waals surface area contributed by atoms with E-state index in [9.17, 15) is 14.7 Å². The smallest absolute Gasteiger partial charge is 0.310 e. The summed E-state index contributed by atoms with van der Waals surface area (Å²) in [7, 11) is 0. The second-order valence-corrected chi connectivity index (χ2v) is 5.64. The largest absolute Gasteiger partial charge is 0.481 e. The standard InChI is InChI=1S/C14H27NO4/c1-5-11(6-7-16)9-15-12(17)8-14(4,10(2)3)13(18)19/h10-11,16H,5-9H2,1-4H3,(H,15,17)(H,18,19). The first-order valence-electron chi connectivity index (χ1n) is 6.88. The first kappa shape index (κ1) is 17.9. The maximum atomic E-state index is 11.9. The molecule has 0 saturated carbocycles. The van der Waals surface area contributed by atoms with Crippen LogP contribution in [0, 0.1) is 17.3 Å². The maximum absolute atomic E-state index is 11.9. The van der Waals surface area contributed by atoms with E-state index in [0.29, 0.717) is 13.0 Å². The van der Waals surface area contributed by atoms with Crippen LogP contribution >= 0.6 is 0 Å².